The predicted molar refractivity (Wildman–Crippen MR) is 95.9 cm³/mol. The van der Waals surface area contributed by atoms with E-state index in [1.807, 2.05) is 47.1 Å². The predicted octanol–water partition coefficient (Wildman–Crippen LogP) is 3.18. The number of nitrogens with one attached hydrogen (secondary N) is 1. The van der Waals surface area contributed by atoms with E-state index < -0.39 is 0 Å². The molecule has 3 aromatic heterocycles. The van der Waals surface area contributed by atoms with E-state index in [0.717, 1.165) is 47.5 Å². The van der Waals surface area contributed by atoms with Gasteiger partial charge in [0.05, 0.1) is 12.2 Å². The molecule has 25 heavy (non-hydrogen) atoms. The lowest BCUT2D eigenvalue weighted by atomic mass is 10.0. The third kappa shape index (κ3) is 2.92. The molecule has 0 saturated carbocycles. The minimum absolute atomic E-state index is 0.250. The van der Waals surface area contributed by atoms with E-state index in [4.69, 9.17) is 0 Å². The molecule has 1 aliphatic rings. The van der Waals surface area contributed by atoms with Crippen LogP contribution in [0.1, 0.15) is 37.4 Å². The Morgan fingerprint density at radius 2 is 2.28 bits per heavy atom. The molecule has 1 saturated heterocycles. The first-order valence-corrected chi connectivity index (χ1v) is 8.91. The van der Waals surface area contributed by atoms with Crippen LogP contribution >= 0.6 is 0 Å². The van der Waals surface area contributed by atoms with Gasteiger partial charge in [-0.15, -0.1) is 0 Å². The van der Waals surface area contributed by atoms with Crippen LogP contribution in [0.25, 0.3) is 16.9 Å². The molecule has 0 bridgehead atoms. The molecule has 6 heteroatoms. The van der Waals surface area contributed by atoms with Crippen LogP contribution in [0.4, 0.5) is 0 Å². The second kappa shape index (κ2) is 6.35. The van der Waals surface area contributed by atoms with Crippen molar-refractivity contribution in [2.75, 3.05) is 6.54 Å². The summed E-state index contributed by atoms with van der Waals surface area (Å²) in [6.45, 7) is 5.61. The van der Waals surface area contributed by atoms with E-state index in [9.17, 15) is 4.79 Å². The van der Waals surface area contributed by atoms with Crippen LogP contribution in [0.5, 0.6) is 0 Å². The topological polar surface area (TPSA) is 66.3 Å². The molecule has 1 unspecified atom stereocenters. The molecule has 0 radical (unpaired) electrons. The molecule has 0 spiro atoms. The Bertz CT molecular complexity index is 896. The van der Waals surface area contributed by atoms with Crippen molar-refractivity contribution in [1.29, 1.82) is 0 Å². The van der Waals surface area contributed by atoms with E-state index in [2.05, 4.69) is 22.0 Å². The van der Waals surface area contributed by atoms with Crippen molar-refractivity contribution < 1.29 is 4.79 Å². The fourth-order valence-electron chi connectivity index (χ4n) is 3.73. The molecule has 1 fully saturated rings. The first-order valence-electron chi connectivity index (χ1n) is 8.91. The maximum Gasteiger partial charge on any atom is 0.223 e. The molecule has 0 aromatic carbocycles. The van der Waals surface area contributed by atoms with Crippen molar-refractivity contribution in [3.8, 4) is 11.3 Å². The zero-order chi connectivity index (χ0) is 17.4. The Balaban J connectivity index is 1.62. The number of fused-ring (bicyclic) bond motifs is 1. The van der Waals surface area contributed by atoms with Crippen LogP contribution in [-0.4, -0.2) is 36.9 Å². The number of nitrogens with zero attached hydrogens (tertiary/aromatic N) is 4. The lowest BCUT2D eigenvalue weighted by molar-refractivity contribution is -0.128. The van der Waals surface area contributed by atoms with Crippen LogP contribution in [0, 0.1) is 12.8 Å². The van der Waals surface area contributed by atoms with Gasteiger partial charge in [0.2, 0.25) is 5.91 Å². The average molecular weight is 337 g/mol. The number of aryl methyl sites for hydroxylation is 1. The van der Waals surface area contributed by atoms with Gasteiger partial charge in [-0.05, 0) is 31.4 Å². The number of carbonyl (C=O) groups is 1. The first-order chi connectivity index (χ1) is 12.2. The van der Waals surface area contributed by atoms with E-state index in [0.29, 0.717) is 18.9 Å². The third-order valence-electron chi connectivity index (χ3n) is 5.02. The molecule has 0 aliphatic carbocycles. The first kappa shape index (κ1) is 15.9. The van der Waals surface area contributed by atoms with E-state index in [1.54, 1.807) is 0 Å². The largest absolute Gasteiger partial charge is 0.361 e. The zero-order valence-corrected chi connectivity index (χ0v) is 14.7. The van der Waals surface area contributed by atoms with Crippen LogP contribution in [-0.2, 0) is 11.3 Å². The summed E-state index contributed by atoms with van der Waals surface area (Å²) in [6, 6.07) is 3.97. The number of carbonyl (C=O) groups excluding carboxylic acids is 1. The summed E-state index contributed by atoms with van der Waals surface area (Å²) in [7, 11) is 0. The summed E-state index contributed by atoms with van der Waals surface area (Å²) >= 11 is 0. The van der Waals surface area contributed by atoms with Crippen LogP contribution in [0.3, 0.4) is 0 Å². The quantitative estimate of drug-likeness (QED) is 0.777. The fraction of sp³-hybridized carbons (Fsp3) is 0.421. The van der Waals surface area contributed by atoms with Crippen LogP contribution in [0.2, 0.25) is 0 Å². The normalized spacial score (nSPS) is 17.8. The standard InChI is InChI=1S/C19H23N5O/c1-3-5-14-8-18(25)23(10-14)12-16-13(2)22-24-11-15(9-21-19(16)24)17-6-4-7-20-17/h4,6-7,9,11,14,20H,3,5,8,10,12H2,1-2H3. The number of amides is 1. The SMILES string of the molecule is CCCC1CC(=O)N(Cc2c(C)nn3cc(-c4ccc[nH]4)cnc23)C1. The van der Waals surface area contributed by atoms with Gasteiger partial charge >= 0.3 is 0 Å². The number of likely N-dealkylation sites (tertiary alicyclic amines) is 1. The van der Waals surface area contributed by atoms with Gasteiger partial charge < -0.3 is 9.88 Å². The summed E-state index contributed by atoms with van der Waals surface area (Å²) < 4.78 is 1.82. The van der Waals surface area contributed by atoms with Gasteiger partial charge in [0, 0.05) is 48.4 Å². The van der Waals surface area contributed by atoms with Crippen LogP contribution < -0.4 is 0 Å². The molecule has 3 aromatic rings. The van der Waals surface area contributed by atoms with Gasteiger partial charge in [0.15, 0.2) is 5.65 Å². The van der Waals surface area contributed by atoms with Gasteiger partial charge in [0.1, 0.15) is 0 Å². The van der Waals surface area contributed by atoms with E-state index in [-0.39, 0.29) is 5.91 Å². The zero-order valence-electron chi connectivity index (χ0n) is 14.7. The maximum atomic E-state index is 12.3. The summed E-state index contributed by atoms with van der Waals surface area (Å²) in [6.07, 6.45) is 8.66. The van der Waals surface area contributed by atoms with E-state index >= 15 is 0 Å². The Hall–Kier alpha value is -2.63. The Labute approximate surface area is 146 Å². The van der Waals surface area contributed by atoms with Crippen LogP contribution in [0.15, 0.2) is 30.7 Å². The summed E-state index contributed by atoms with van der Waals surface area (Å²) in [5.74, 6) is 0.743. The molecule has 1 N–H and O–H groups in total. The second-order valence-electron chi connectivity index (χ2n) is 6.89. The molecule has 4 rings (SSSR count). The lowest BCUT2D eigenvalue weighted by Gasteiger charge is -2.16. The Morgan fingerprint density at radius 3 is 3.04 bits per heavy atom. The third-order valence-corrected chi connectivity index (χ3v) is 5.02. The molecular weight excluding hydrogens is 314 g/mol. The molecule has 6 nitrogen and oxygen atoms in total. The summed E-state index contributed by atoms with van der Waals surface area (Å²) in [5, 5.41) is 4.61. The van der Waals surface area contributed by atoms with Gasteiger partial charge in [-0.25, -0.2) is 9.50 Å². The highest BCUT2D eigenvalue weighted by atomic mass is 16.2. The molecular formula is C19H23N5O. The van der Waals surface area contributed by atoms with Gasteiger partial charge in [-0.2, -0.15) is 5.10 Å². The minimum Gasteiger partial charge on any atom is -0.361 e. The monoisotopic (exact) mass is 337 g/mol. The van der Waals surface area contributed by atoms with Crippen molar-refractivity contribution in [2.45, 2.75) is 39.7 Å². The summed E-state index contributed by atoms with van der Waals surface area (Å²) in [5.41, 5.74) is 4.82. The summed E-state index contributed by atoms with van der Waals surface area (Å²) in [4.78, 5) is 22.1. The number of hydrogen-bond acceptors (Lipinski definition) is 3. The Kier molecular flexibility index (Phi) is 4.03. The smallest absolute Gasteiger partial charge is 0.223 e. The lowest BCUT2D eigenvalue weighted by Crippen LogP contribution is -2.25. The maximum absolute atomic E-state index is 12.3. The highest BCUT2D eigenvalue weighted by Gasteiger charge is 2.30. The molecule has 1 atom stereocenters. The number of rotatable bonds is 5. The molecule has 1 aliphatic heterocycles. The minimum atomic E-state index is 0.250. The number of H-pyrrole nitrogens is 1. The van der Waals surface area contributed by atoms with Crippen molar-refractivity contribution in [1.82, 2.24) is 24.5 Å². The highest BCUT2D eigenvalue weighted by Crippen LogP contribution is 2.26. The Morgan fingerprint density at radius 1 is 1.40 bits per heavy atom. The second-order valence-corrected chi connectivity index (χ2v) is 6.89. The highest BCUT2D eigenvalue weighted by molar-refractivity contribution is 5.79. The number of aromatic amines is 1. The van der Waals surface area contributed by atoms with Gasteiger partial charge in [0.25, 0.3) is 0 Å². The van der Waals surface area contributed by atoms with Crippen molar-refractivity contribution in [3.05, 3.63) is 42.0 Å². The number of hydrogen-bond donors (Lipinski definition) is 1. The molecule has 4 heterocycles. The fourth-order valence-corrected chi connectivity index (χ4v) is 3.73. The average Bonchev–Trinajstić information content (AvgIpc) is 3.29. The number of aromatic nitrogens is 4. The van der Waals surface area contributed by atoms with Crippen molar-refractivity contribution >= 4 is 11.6 Å². The molecule has 1 amide bonds. The van der Waals surface area contributed by atoms with E-state index in [1.165, 1.54) is 0 Å². The molecule has 130 valence electrons. The van der Waals surface area contributed by atoms with Gasteiger partial charge in [-0.1, -0.05) is 13.3 Å². The van der Waals surface area contributed by atoms with Crippen molar-refractivity contribution in [3.63, 3.8) is 0 Å². The van der Waals surface area contributed by atoms with Gasteiger partial charge in [-0.3, -0.25) is 4.79 Å². The van der Waals surface area contributed by atoms with Crippen molar-refractivity contribution in [2.24, 2.45) is 5.92 Å².